The number of nitrogens with one attached hydrogen (secondary N) is 2. The minimum Gasteiger partial charge on any atom is -0.494 e. The van der Waals surface area contributed by atoms with E-state index in [2.05, 4.69) is 39.7 Å². The van der Waals surface area contributed by atoms with Crippen LogP contribution in [0, 0.1) is 0 Å². The van der Waals surface area contributed by atoms with Gasteiger partial charge in [0, 0.05) is 36.7 Å². The van der Waals surface area contributed by atoms with E-state index in [0.29, 0.717) is 42.5 Å². The summed E-state index contributed by atoms with van der Waals surface area (Å²) in [6.45, 7) is 5.32. The predicted molar refractivity (Wildman–Crippen MR) is 134 cm³/mol. The van der Waals surface area contributed by atoms with Crippen molar-refractivity contribution in [1.29, 1.82) is 0 Å². The largest absolute Gasteiger partial charge is 0.494 e. The Hall–Kier alpha value is -3.98. The first-order valence-corrected chi connectivity index (χ1v) is 11.5. The summed E-state index contributed by atoms with van der Waals surface area (Å²) in [4.78, 5) is 35.1. The van der Waals surface area contributed by atoms with E-state index in [4.69, 9.17) is 9.47 Å². The Balaban J connectivity index is 1.51. The zero-order chi connectivity index (χ0) is 24.8. The van der Waals surface area contributed by atoms with Gasteiger partial charge in [-0.3, -0.25) is 14.5 Å². The number of morpholine rings is 1. The van der Waals surface area contributed by atoms with E-state index in [-0.39, 0.29) is 24.0 Å². The van der Waals surface area contributed by atoms with Crippen molar-refractivity contribution in [2.75, 3.05) is 37.4 Å². The first kappa shape index (κ1) is 24.2. The van der Waals surface area contributed by atoms with Crippen LogP contribution >= 0.6 is 0 Å². The summed E-state index contributed by atoms with van der Waals surface area (Å²) in [6, 6.07) is 13.3. The van der Waals surface area contributed by atoms with E-state index in [0.717, 1.165) is 10.9 Å². The van der Waals surface area contributed by atoms with Crippen molar-refractivity contribution in [2.24, 2.45) is 0 Å². The van der Waals surface area contributed by atoms with Gasteiger partial charge in [-0.2, -0.15) is 0 Å². The quantitative estimate of drug-likeness (QED) is 0.376. The number of carbonyl (C=O) groups excluding carboxylic acids is 2. The van der Waals surface area contributed by atoms with Gasteiger partial charge in [-0.1, -0.05) is 36.4 Å². The van der Waals surface area contributed by atoms with E-state index >= 15 is 0 Å². The topological polar surface area (TPSA) is 106 Å². The Morgan fingerprint density at radius 3 is 2.86 bits per heavy atom. The highest BCUT2D eigenvalue weighted by atomic mass is 16.5. The van der Waals surface area contributed by atoms with E-state index in [1.54, 1.807) is 26.2 Å². The Labute approximate surface area is 204 Å². The van der Waals surface area contributed by atoms with Crippen LogP contribution in [-0.2, 0) is 14.3 Å². The summed E-state index contributed by atoms with van der Waals surface area (Å²) in [5.41, 5.74) is 2.33. The summed E-state index contributed by atoms with van der Waals surface area (Å²) in [7, 11) is 1.54. The Bertz CT molecular complexity index is 1230. The highest BCUT2D eigenvalue weighted by molar-refractivity contribution is 6.03. The molecule has 9 nitrogen and oxygen atoms in total. The van der Waals surface area contributed by atoms with Crippen LogP contribution in [0.1, 0.15) is 25.5 Å². The highest BCUT2D eigenvalue weighted by Crippen LogP contribution is 2.33. The monoisotopic (exact) mass is 475 g/mol. The first-order valence-electron chi connectivity index (χ1n) is 11.5. The highest BCUT2D eigenvalue weighted by Gasteiger charge is 2.26. The van der Waals surface area contributed by atoms with E-state index in [9.17, 15) is 9.59 Å². The smallest absolute Gasteiger partial charge is 0.323 e. The third-order valence-corrected chi connectivity index (χ3v) is 5.99. The van der Waals surface area contributed by atoms with Crippen molar-refractivity contribution in [3.63, 3.8) is 0 Å². The van der Waals surface area contributed by atoms with Gasteiger partial charge in [-0.15, -0.1) is 0 Å². The number of methoxy groups -OCH3 is 1. The Morgan fingerprint density at radius 1 is 1.29 bits per heavy atom. The lowest BCUT2D eigenvalue weighted by Crippen LogP contribution is -2.47. The lowest BCUT2D eigenvalue weighted by Gasteiger charge is -2.30. The maximum absolute atomic E-state index is 12.6. The van der Waals surface area contributed by atoms with E-state index < -0.39 is 0 Å². The standard InChI is InChI=1S/C26H29N5O4/c1-17(19-8-5-4-6-9-19)29-25-20-14-22(23(34-3)15-21(20)27-16-28-25)30-24(32)10-7-11-31-12-13-35-26(33)18(31)2/h4-10,14-18H,11-13H2,1-3H3,(H,30,32)(H,27,28,29). The van der Waals surface area contributed by atoms with Crippen LogP contribution < -0.4 is 15.4 Å². The van der Waals surface area contributed by atoms with Gasteiger partial charge in [0.05, 0.1) is 18.3 Å². The number of aromatic nitrogens is 2. The normalized spacial score (nSPS) is 17.2. The number of rotatable bonds is 8. The second kappa shape index (κ2) is 11.0. The molecule has 1 aromatic heterocycles. The number of hydrogen-bond donors (Lipinski definition) is 2. The van der Waals surface area contributed by atoms with Crippen LogP contribution in [0.2, 0.25) is 0 Å². The van der Waals surface area contributed by atoms with Gasteiger partial charge in [0.1, 0.15) is 30.5 Å². The number of cyclic esters (lactones) is 1. The molecule has 1 fully saturated rings. The fourth-order valence-corrected chi connectivity index (χ4v) is 3.94. The number of anilines is 2. The van der Waals surface area contributed by atoms with Crippen molar-refractivity contribution >= 4 is 34.3 Å². The maximum Gasteiger partial charge on any atom is 0.323 e. The molecule has 2 N–H and O–H groups in total. The molecule has 0 radical (unpaired) electrons. The van der Waals surface area contributed by atoms with Crippen molar-refractivity contribution < 1.29 is 19.1 Å². The molecule has 0 spiro atoms. The molecule has 2 unspecified atom stereocenters. The van der Waals surface area contributed by atoms with Crippen LogP contribution in [-0.4, -0.2) is 59.6 Å². The van der Waals surface area contributed by atoms with E-state index in [1.807, 2.05) is 29.2 Å². The molecule has 1 amide bonds. The Morgan fingerprint density at radius 2 is 2.09 bits per heavy atom. The molecule has 1 aliphatic heterocycles. The average molecular weight is 476 g/mol. The van der Waals surface area contributed by atoms with Gasteiger partial charge in [-0.25, -0.2) is 9.97 Å². The molecular formula is C26H29N5O4. The summed E-state index contributed by atoms with van der Waals surface area (Å²) in [5, 5.41) is 7.08. The minimum atomic E-state index is -0.332. The van der Waals surface area contributed by atoms with Crippen LogP contribution in [0.25, 0.3) is 10.9 Å². The summed E-state index contributed by atoms with van der Waals surface area (Å²) >= 11 is 0. The van der Waals surface area contributed by atoms with Crippen LogP contribution in [0.4, 0.5) is 11.5 Å². The van der Waals surface area contributed by atoms with E-state index in [1.165, 1.54) is 12.4 Å². The zero-order valence-electron chi connectivity index (χ0n) is 20.0. The molecule has 2 atom stereocenters. The molecule has 0 aliphatic carbocycles. The molecule has 0 saturated carbocycles. The van der Waals surface area contributed by atoms with Crippen molar-refractivity contribution in [2.45, 2.75) is 25.9 Å². The third kappa shape index (κ3) is 5.75. The zero-order valence-corrected chi connectivity index (χ0v) is 20.0. The predicted octanol–water partition coefficient (Wildman–Crippen LogP) is 3.55. The molecule has 0 bridgehead atoms. The van der Waals surface area contributed by atoms with Crippen LogP contribution in [0.15, 0.2) is 60.9 Å². The number of carbonyl (C=O) groups is 2. The van der Waals surface area contributed by atoms with Gasteiger partial charge in [0.15, 0.2) is 0 Å². The number of benzene rings is 2. The Kier molecular flexibility index (Phi) is 7.57. The molecule has 1 aliphatic rings. The molecule has 182 valence electrons. The maximum atomic E-state index is 12.6. The summed E-state index contributed by atoms with van der Waals surface area (Å²) in [6.07, 6.45) is 4.68. The molecule has 2 heterocycles. The number of nitrogens with zero attached hydrogens (tertiary/aromatic N) is 3. The number of hydrogen-bond acceptors (Lipinski definition) is 8. The second-order valence-corrected chi connectivity index (χ2v) is 8.30. The number of ether oxygens (including phenoxy) is 2. The van der Waals surface area contributed by atoms with Gasteiger partial charge < -0.3 is 20.1 Å². The molecule has 3 aromatic rings. The number of esters is 1. The second-order valence-electron chi connectivity index (χ2n) is 8.30. The fraction of sp³-hybridized carbons (Fsp3) is 0.308. The molecule has 4 rings (SSSR count). The summed E-state index contributed by atoms with van der Waals surface area (Å²) in [5.74, 6) is 0.598. The SMILES string of the molecule is COc1cc2ncnc(NC(C)c3ccccc3)c2cc1NC(=O)C=CCN1CCOC(=O)C1C. The van der Waals surface area contributed by atoms with Gasteiger partial charge in [0.25, 0.3) is 0 Å². The van der Waals surface area contributed by atoms with Crippen molar-refractivity contribution in [3.05, 3.63) is 66.5 Å². The van der Waals surface area contributed by atoms with Crippen molar-refractivity contribution in [1.82, 2.24) is 14.9 Å². The van der Waals surface area contributed by atoms with Crippen molar-refractivity contribution in [3.8, 4) is 5.75 Å². The van der Waals surface area contributed by atoms with Gasteiger partial charge >= 0.3 is 5.97 Å². The van der Waals surface area contributed by atoms with Gasteiger partial charge in [-0.05, 0) is 25.5 Å². The third-order valence-electron chi connectivity index (χ3n) is 5.99. The minimum absolute atomic E-state index is 0.0202. The average Bonchev–Trinajstić information content (AvgIpc) is 2.87. The molecule has 2 aromatic carbocycles. The molecule has 1 saturated heterocycles. The summed E-state index contributed by atoms with van der Waals surface area (Å²) < 4.78 is 10.5. The number of amides is 1. The molecular weight excluding hydrogens is 446 g/mol. The van der Waals surface area contributed by atoms with Crippen LogP contribution in [0.5, 0.6) is 5.75 Å². The number of fused-ring (bicyclic) bond motifs is 1. The molecule has 9 heteroatoms. The molecule has 35 heavy (non-hydrogen) atoms. The lowest BCUT2D eigenvalue weighted by molar-refractivity contribution is -0.155. The van der Waals surface area contributed by atoms with Crippen LogP contribution in [0.3, 0.4) is 0 Å². The first-order chi connectivity index (χ1) is 17.0. The fourth-order valence-electron chi connectivity index (χ4n) is 3.94. The van der Waals surface area contributed by atoms with Gasteiger partial charge in [0.2, 0.25) is 5.91 Å². The lowest BCUT2D eigenvalue weighted by atomic mass is 10.1.